The average molecular weight is 1590 g/mol. The van der Waals surface area contributed by atoms with Crippen LogP contribution in [-0.4, -0.2) is 95.9 Å². The molecular formula is C93H156O16P2. The molecule has 0 rings (SSSR count). The quantitative estimate of drug-likeness (QED) is 0.0146. The standard InChI is InChI=1S/C93H156O16P2/c1-4-7-10-13-16-19-22-25-28-31-34-36-38-40-41-42-43-44-45-47-49-50-53-55-58-61-64-67-70-73-76-79-91(96)103-82-88(94)83-105-110(99,100)106-84-89(95)85-107-111(101,102)108-87-90(109-93(98)81-78-75-72-69-66-63-60-57-52-33-30-27-24-21-18-15-12-9-6-3)86-104-92(97)80-77-74-71-68-65-62-59-56-54-51-48-46-39-37-35-32-29-26-23-20-17-14-11-8-5-2/h9,12,16-21,25-30,34-37,40-41,46,48,52,57,63,66,72,75,88-90,94-95H,4-8,10-11,13-15,22-24,31-33,38-39,42-45,47,49-51,53-56,58-62,64-65,67-71,73-74,76-87H2,1-3H3,(H,99,100)(H,101,102)/b12-9-,19-16-,20-17-,21-18-,28-25-,29-26-,30-27-,36-34-,37-35-,41-40-,48-46-,57-52-,66-63-,75-72-. The molecule has 16 nitrogen and oxygen atoms in total. The van der Waals surface area contributed by atoms with Crippen LogP contribution in [0.1, 0.15) is 342 Å². The van der Waals surface area contributed by atoms with Crippen molar-refractivity contribution >= 4 is 33.6 Å². The van der Waals surface area contributed by atoms with Gasteiger partial charge in [-0.1, -0.05) is 345 Å². The molecule has 0 aliphatic heterocycles. The maximum absolute atomic E-state index is 13.0. The molecule has 0 heterocycles. The summed E-state index contributed by atoms with van der Waals surface area (Å²) < 4.78 is 61.2. The number of aliphatic hydroxyl groups is 2. The van der Waals surface area contributed by atoms with Crippen LogP contribution in [0, 0.1) is 0 Å². The minimum Gasteiger partial charge on any atom is -0.463 e. The highest BCUT2D eigenvalue weighted by atomic mass is 31.2. The van der Waals surface area contributed by atoms with E-state index in [-0.39, 0.29) is 19.3 Å². The van der Waals surface area contributed by atoms with E-state index in [9.17, 15) is 43.5 Å². The Morgan fingerprint density at radius 3 is 0.793 bits per heavy atom. The van der Waals surface area contributed by atoms with Gasteiger partial charge in [-0.2, -0.15) is 0 Å². The van der Waals surface area contributed by atoms with Crippen molar-refractivity contribution < 1.29 is 75.8 Å². The molecule has 5 unspecified atom stereocenters. The molecule has 0 spiro atoms. The van der Waals surface area contributed by atoms with Gasteiger partial charge in [-0.05, 0) is 148 Å². The second kappa shape index (κ2) is 84.3. The Kier molecular flexibility index (Phi) is 80.4. The molecule has 5 atom stereocenters. The van der Waals surface area contributed by atoms with Crippen molar-refractivity contribution in [1.29, 1.82) is 0 Å². The number of carbonyl (C=O) groups excluding carboxylic acids is 3. The Labute approximate surface area is 675 Å². The van der Waals surface area contributed by atoms with Crippen molar-refractivity contribution in [2.24, 2.45) is 0 Å². The summed E-state index contributed by atoms with van der Waals surface area (Å²) in [5.74, 6) is -1.68. The number of carbonyl (C=O) groups is 3. The van der Waals surface area contributed by atoms with Crippen LogP contribution in [0.2, 0.25) is 0 Å². The van der Waals surface area contributed by atoms with Crippen LogP contribution in [0.5, 0.6) is 0 Å². The predicted molar refractivity (Wildman–Crippen MR) is 463 cm³/mol. The minimum absolute atomic E-state index is 0.0272. The normalized spacial score (nSPS) is 14.7. The van der Waals surface area contributed by atoms with E-state index in [1.807, 2.05) is 18.2 Å². The number of hydrogen-bond acceptors (Lipinski definition) is 14. The largest absolute Gasteiger partial charge is 0.472 e. The maximum atomic E-state index is 13.0. The first-order valence-electron chi connectivity index (χ1n) is 43.4. The van der Waals surface area contributed by atoms with Crippen LogP contribution in [0.15, 0.2) is 170 Å². The lowest BCUT2D eigenvalue weighted by atomic mass is 10.0. The Morgan fingerprint density at radius 2 is 0.495 bits per heavy atom. The summed E-state index contributed by atoms with van der Waals surface area (Å²) in [6.45, 7) is 2.43. The van der Waals surface area contributed by atoms with Crippen molar-refractivity contribution in [2.45, 2.75) is 360 Å². The number of aliphatic hydroxyl groups excluding tert-OH is 2. The summed E-state index contributed by atoms with van der Waals surface area (Å²) in [7, 11) is -9.84. The molecule has 0 saturated heterocycles. The van der Waals surface area contributed by atoms with Gasteiger partial charge in [0.15, 0.2) is 6.10 Å². The maximum Gasteiger partial charge on any atom is 0.472 e. The van der Waals surface area contributed by atoms with Crippen LogP contribution in [0.3, 0.4) is 0 Å². The fourth-order valence-corrected chi connectivity index (χ4v) is 12.9. The number of allylic oxidation sites excluding steroid dienone is 28. The molecule has 0 bridgehead atoms. The summed E-state index contributed by atoms with van der Waals surface area (Å²) in [4.78, 5) is 58.8. The van der Waals surface area contributed by atoms with E-state index in [0.29, 0.717) is 25.7 Å². The zero-order chi connectivity index (χ0) is 80.8. The molecule has 0 amide bonds. The summed E-state index contributed by atoms with van der Waals surface area (Å²) in [5, 5.41) is 20.7. The first-order valence-corrected chi connectivity index (χ1v) is 46.4. The van der Waals surface area contributed by atoms with Gasteiger partial charge >= 0.3 is 33.6 Å². The molecule has 0 aliphatic rings. The van der Waals surface area contributed by atoms with Gasteiger partial charge in [-0.15, -0.1) is 0 Å². The Bertz CT molecular complexity index is 2700. The van der Waals surface area contributed by atoms with Crippen molar-refractivity contribution in [3.8, 4) is 0 Å². The van der Waals surface area contributed by atoms with Crippen molar-refractivity contribution in [2.75, 3.05) is 39.6 Å². The van der Waals surface area contributed by atoms with E-state index in [1.54, 1.807) is 0 Å². The van der Waals surface area contributed by atoms with Crippen LogP contribution < -0.4 is 0 Å². The number of esters is 3. The molecule has 634 valence electrons. The number of phosphoric ester groups is 2. The predicted octanol–water partition coefficient (Wildman–Crippen LogP) is 26.3. The highest BCUT2D eigenvalue weighted by Crippen LogP contribution is 2.45. The molecule has 18 heteroatoms. The third-order valence-electron chi connectivity index (χ3n) is 17.9. The van der Waals surface area contributed by atoms with Crippen LogP contribution in [0.25, 0.3) is 0 Å². The van der Waals surface area contributed by atoms with Gasteiger partial charge in [0, 0.05) is 19.3 Å². The number of hydrogen-bond donors (Lipinski definition) is 4. The lowest BCUT2D eigenvalue weighted by Crippen LogP contribution is -2.29. The van der Waals surface area contributed by atoms with E-state index >= 15 is 0 Å². The number of unbranched alkanes of at least 4 members (excludes halogenated alkanes) is 30. The first-order chi connectivity index (χ1) is 54.2. The van der Waals surface area contributed by atoms with E-state index in [2.05, 4.69) is 173 Å². The van der Waals surface area contributed by atoms with Crippen LogP contribution in [-0.2, 0) is 55.8 Å². The third kappa shape index (κ3) is 85.6. The van der Waals surface area contributed by atoms with Crippen molar-refractivity contribution in [3.63, 3.8) is 0 Å². The fourth-order valence-electron chi connectivity index (χ4n) is 11.3. The summed E-state index contributed by atoms with van der Waals surface area (Å²) >= 11 is 0. The fraction of sp³-hybridized carbons (Fsp3) is 0.667. The van der Waals surface area contributed by atoms with Gasteiger partial charge in [0.1, 0.15) is 25.4 Å². The van der Waals surface area contributed by atoms with Crippen LogP contribution >= 0.6 is 15.6 Å². The van der Waals surface area contributed by atoms with E-state index in [4.69, 9.17) is 32.3 Å². The van der Waals surface area contributed by atoms with Gasteiger partial charge in [-0.3, -0.25) is 32.5 Å². The second-order valence-corrected chi connectivity index (χ2v) is 31.5. The summed E-state index contributed by atoms with van der Waals surface area (Å²) in [5.41, 5.74) is 0. The van der Waals surface area contributed by atoms with E-state index < -0.39 is 91.5 Å². The third-order valence-corrected chi connectivity index (χ3v) is 19.8. The Balaban J connectivity index is 4.62. The van der Waals surface area contributed by atoms with Gasteiger partial charge in [0.05, 0.1) is 26.4 Å². The summed E-state index contributed by atoms with van der Waals surface area (Å²) in [6.07, 6.45) is 108. The molecule has 0 saturated carbocycles. The van der Waals surface area contributed by atoms with E-state index in [1.165, 1.54) is 154 Å². The molecular weight excluding hydrogens is 1430 g/mol. The highest BCUT2D eigenvalue weighted by Gasteiger charge is 2.29. The zero-order valence-corrected chi connectivity index (χ0v) is 71.4. The monoisotopic (exact) mass is 1590 g/mol. The average Bonchev–Trinajstić information content (AvgIpc) is 0.885. The zero-order valence-electron chi connectivity index (χ0n) is 69.6. The molecule has 0 radical (unpaired) electrons. The molecule has 4 N–H and O–H groups in total. The molecule has 111 heavy (non-hydrogen) atoms. The smallest absolute Gasteiger partial charge is 0.463 e. The molecule has 0 fully saturated rings. The number of ether oxygens (including phenoxy) is 3. The van der Waals surface area contributed by atoms with Gasteiger partial charge in [0.25, 0.3) is 0 Å². The Morgan fingerprint density at radius 1 is 0.261 bits per heavy atom. The van der Waals surface area contributed by atoms with E-state index in [0.717, 1.165) is 122 Å². The topological polar surface area (TPSA) is 231 Å². The SMILES string of the molecule is CC/C=C\C/C=C\C/C=C\C/C=C\C/C=C\C/C=C\CCC(=O)OC(COC(=O)CCCCCCCCCCC/C=C\C/C=C\C/C=C\C/C=C\CCCCC)COP(=O)(O)OCC(O)COP(=O)(O)OCC(O)COC(=O)CCCCCCCCCCCCCCCCC/C=C\C/C=C\C/C=C\C/C=C\CCCCC. The molecule has 0 aliphatic carbocycles. The Hall–Kier alpha value is -5.09. The van der Waals surface area contributed by atoms with Gasteiger partial charge < -0.3 is 34.2 Å². The molecule has 0 aromatic rings. The highest BCUT2D eigenvalue weighted by molar-refractivity contribution is 7.47. The first kappa shape index (κ1) is 106. The van der Waals surface area contributed by atoms with Crippen LogP contribution in [0.4, 0.5) is 0 Å². The molecule has 0 aromatic heterocycles. The van der Waals surface area contributed by atoms with Gasteiger partial charge in [0.2, 0.25) is 0 Å². The molecule has 0 aromatic carbocycles. The lowest BCUT2D eigenvalue weighted by Gasteiger charge is -2.21. The lowest BCUT2D eigenvalue weighted by molar-refractivity contribution is -0.161. The second-order valence-electron chi connectivity index (χ2n) is 28.6. The minimum atomic E-state index is -4.96. The van der Waals surface area contributed by atoms with Crippen molar-refractivity contribution in [1.82, 2.24) is 0 Å². The number of rotatable bonds is 81. The number of phosphoric acid groups is 2. The van der Waals surface area contributed by atoms with Gasteiger partial charge in [-0.25, -0.2) is 9.13 Å². The van der Waals surface area contributed by atoms with Crippen molar-refractivity contribution in [3.05, 3.63) is 170 Å². The summed E-state index contributed by atoms with van der Waals surface area (Å²) in [6, 6.07) is 0.